The van der Waals surface area contributed by atoms with Crippen LogP contribution in [0, 0.1) is 36.3 Å². The summed E-state index contributed by atoms with van der Waals surface area (Å²) in [6.45, 7) is 0. The highest BCUT2D eigenvalue weighted by atomic mass is 127. The van der Waals surface area contributed by atoms with E-state index < -0.39 is 10.8 Å². The van der Waals surface area contributed by atoms with Crippen LogP contribution in [0.1, 0.15) is 11.1 Å². The van der Waals surface area contributed by atoms with Gasteiger partial charge in [0, 0.05) is 21.4 Å². The number of nitrogens with one attached hydrogen (secondary N) is 1. The van der Waals surface area contributed by atoms with Gasteiger partial charge < -0.3 is 10.1 Å². The smallest absolute Gasteiger partial charge is 0.271 e. The van der Waals surface area contributed by atoms with Gasteiger partial charge in [-0.05, 0) is 70.6 Å². The van der Waals surface area contributed by atoms with Crippen molar-refractivity contribution < 1.29 is 14.5 Å². The van der Waals surface area contributed by atoms with Crippen molar-refractivity contribution in [2.24, 2.45) is 0 Å². The first kappa shape index (κ1) is 22.5. The number of rotatable bonds is 6. The van der Waals surface area contributed by atoms with E-state index in [1.54, 1.807) is 42.5 Å². The fourth-order valence-electron chi connectivity index (χ4n) is 2.65. The Bertz CT molecular complexity index is 1300. The van der Waals surface area contributed by atoms with E-state index in [9.17, 15) is 25.4 Å². The molecule has 9 heteroatoms. The molecule has 8 nitrogen and oxygen atoms in total. The molecule has 0 spiro atoms. The van der Waals surface area contributed by atoms with Crippen LogP contribution in [0.3, 0.4) is 0 Å². The molecule has 0 aromatic heterocycles. The molecule has 0 aliphatic carbocycles. The fraction of sp³-hybridized carbons (Fsp3) is 0. The first-order chi connectivity index (χ1) is 15.4. The number of hydrogen-bond donors (Lipinski definition) is 1. The third-order valence-corrected chi connectivity index (χ3v) is 4.83. The number of nitrogens with zero attached hydrogens (tertiary/aromatic N) is 3. The summed E-state index contributed by atoms with van der Waals surface area (Å²) >= 11 is 2.13. The summed E-state index contributed by atoms with van der Waals surface area (Å²) in [7, 11) is 0. The van der Waals surface area contributed by atoms with Crippen molar-refractivity contribution in [1.82, 2.24) is 0 Å². The Morgan fingerprint density at radius 3 is 2.47 bits per heavy atom. The van der Waals surface area contributed by atoms with Crippen LogP contribution in [0.5, 0.6) is 11.5 Å². The average Bonchev–Trinajstić information content (AvgIpc) is 2.78. The van der Waals surface area contributed by atoms with Gasteiger partial charge in [0.15, 0.2) is 0 Å². The Labute approximate surface area is 196 Å². The number of nitriles is 2. The van der Waals surface area contributed by atoms with Crippen LogP contribution < -0.4 is 10.1 Å². The molecule has 0 unspecified atom stereocenters. The molecule has 1 amide bonds. The number of carbonyl (C=O) groups is 1. The first-order valence-electron chi connectivity index (χ1n) is 9.05. The zero-order valence-electron chi connectivity index (χ0n) is 16.3. The molecular formula is C23H13IN4O4. The minimum absolute atomic E-state index is 0.0298. The van der Waals surface area contributed by atoms with Crippen LogP contribution >= 0.6 is 22.6 Å². The zero-order valence-corrected chi connectivity index (χ0v) is 18.4. The number of amides is 1. The number of nitro groups is 1. The number of carbonyl (C=O) groups excluding carboxylic acids is 1. The Kier molecular flexibility index (Phi) is 7.16. The van der Waals surface area contributed by atoms with Crippen molar-refractivity contribution in [2.75, 3.05) is 5.32 Å². The molecule has 0 fully saturated rings. The van der Waals surface area contributed by atoms with Gasteiger partial charge in [-0.3, -0.25) is 14.9 Å². The summed E-state index contributed by atoms with van der Waals surface area (Å²) in [5.41, 5.74) is 0.933. The van der Waals surface area contributed by atoms with E-state index in [1.165, 1.54) is 18.2 Å². The molecule has 0 bridgehead atoms. The molecule has 0 heterocycles. The Morgan fingerprint density at radius 1 is 1.09 bits per heavy atom. The highest BCUT2D eigenvalue weighted by Crippen LogP contribution is 2.28. The summed E-state index contributed by atoms with van der Waals surface area (Å²) in [5, 5.41) is 32.1. The van der Waals surface area contributed by atoms with Crippen molar-refractivity contribution in [1.29, 1.82) is 10.5 Å². The number of ether oxygens (including phenoxy) is 1. The SMILES string of the molecule is N#C/C(=C\c1ccc(Oc2ccc([N+](=O)[O-])cc2C#N)cc1)C(=O)Nc1cccc(I)c1. The maximum Gasteiger partial charge on any atom is 0.271 e. The lowest BCUT2D eigenvalue weighted by molar-refractivity contribution is -0.384. The Hall–Kier alpha value is -4.22. The lowest BCUT2D eigenvalue weighted by Gasteiger charge is -2.08. The second-order valence-corrected chi connectivity index (χ2v) is 7.60. The lowest BCUT2D eigenvalue weighted by atomic mass is 10.1. The highest BCUT2D eigenvalue weighted by Gasteiger charge is 2.13. The summed E-state index contributed by atoms with van der Waals surface area (Å²) in [6.07, 6.45) is 1.44. The summed E-state index contributed by atoms with van der Waals surface area (Å²) in [5.74, 6) is 0.0321. The monoisotopic (exact) mass is 536 g/mol. The van der Waals surface area contributed by atoms with Crippen molar-refractivity contribution >= 4 is 45.9 Å². The van der Waals surface area contributed by atoms with Crippen LogP contribution in [0.4, 0.5) is 11.4 Å². The van der Waals surface area contributed by atoms with E-state index in [4.69, 9.17) is 4.74 Å². The molecule has 0 radical (unpaired) electrons. The van der Waals surface area contributed by atoms with Crippen molar-refractivity contribution in [3.8, 4) is 23.6 Å². The van der Waals surface area contributed by atoms with Crippen molar-refractivity contribution in [3.63, 3.8) is 0 Å². The van der Waals surface area contributed by atoms with Gasteiger partial charge in [0.25, 0.3) is 11.6 Å². The number of anilines is 1. The molecule has 3 aromatic rings. The van der Waals surface area contributed by atoms with Gasteiger partial charge in [-0.1, -0.05) is 18.2 Å². The molecule has 0 aliphatic heterocycles. The second-order valence-electron chi connectivity index (χ2n) is 6.35. The van der Waals surface area contributed by atoms with E-state index in [0.717, 1.165) is 9.64 Å². The molecule has 0 atom stereocenters. The molecule has 0 saturated heterocycles. The topological polar surface area (TPSA) is 129 Å². The van der Waals surface area contributed by atoms with Crippen LogP contribution in [0.25, 0.3) is 6.08 Å². The minimum Gasteiger partial charge on any atom is -0.456 e. The predicted octanol–water partition coefficient (Wildman–Crippen LogP) is 5.41. The van der Waals surface area contributed by atoms with Crippen molar-refractivity contribution in [2.45, 2.75) is 0 Å². The molecule has 1 N–H and O–H groups in total. The maximum absolute atomic E-state index is 12.4. The molecule has 32 heavy (non-hydrogen) atoms. The third-order valence-electron chi connectivity index (χ3n) is 4.16. The van der Waals surface area contributed by atoms with E-state index >= 15 is 0 Å². The molecule has 0 saturated carbocycles. The van der Waals surface area contributed by atoms with Gasteiger partial charge in [-0.2, -0.15) is 10.5 Å². The second kappa shape index (κ2) is 10.2. The van der Waals surface area contributed by atoms with Gasteiger partial charge in [0.1, 0.15) is 34.8 Å². The van der Waals surface area contributed by atoms with Crippen molar-refractivity contribution in [3.05, 3.63) is 97.1 Å². The predicted molar refractivity (Wildman–Crippen MR) is 126 cm³/mol. The Morgan fingerprint density at radius 2 is 1.84 bits per heavy atom. The fourth-order valence-corrected chi connectivity index (χ4v) is 3.19. The van der Waals surface area contributed by atoms with Gasteiger partial charge in [0.05, 0.1) is 4.92 Å². The summed E-state index contributed by atoms with van der Waals surface area (Å²) < 4.78 is 6.60. The van der Waals surface area contributed by atoms with Gasteiger partial charge in [-0.15, -0.1) is 0 Å². The lowest BCUT2D eigenvalue weighted by Crippen LogP contribution is -2.13. The Balaban J connectivity index is 1.75. The summed E-state index contributed by atoms with van der Waals surface area (Å²) in [4.78, 5) is 22.7. The zero-order chi connectivity index (χ0) is 23.1. The number of non-ortho nitro benzene ring substituents is 1. The summed E-state index contributed by atoms with van der Waals surface area (Å²) in [6, 6.07) is 21.2. The molecular weight excluding hydrogens is 523 g/mol. The molecule has 3 aromatic carbocycles. The van der Waals surface area contributed by atoms with Gasteiger partial charge >= 0.3 is 0 Å². The van der Waals surface area contributed by atoms with Crippen LogP contribution in [-0.4, -0.2) is 10.8 Å². The van der Waals surface area contributed by atoms with E-state index in [0.29, 0.717) is 17.0 Å². The van der Waals surface area contributed by atoms with Gasteiger partial charge in [-0.25, -0.2) is 0 Å². The van der Waals surface area contributed by atoms with Crippen LogP contribution in [-0.2, 0) is 4.79 Å². The molecule has 3 rings (SSSR count). The quantitative estimate of drug-likeness (QED) is 0.148. The maximum atomic E-state index is 12.4. The third kappa shape index (κ3) is 5.68. The van der Waals surface area contributed by atoms with E-state index in [1.807, 2.05) is 18.2 Å². The van der Waals surface area contributed by atoms with E-state index in [2.05, 4.69) is 27.9 Å². The van der Waals surface area contributed by atoms with Crippen LogP contribution in [0.2, 0.25) is 0 Å². The average molecular weight is 536 g/mol. The number of hydrogen-bond acceptors (Lipinski definition) is 6. The van der Waals surface area contributed by atoms with Gasteiger partial charge in [0.2, 0.25) is 0 Å². The normalized spacial score (nSPS) is 10.5. The van der Waals surface area contributed by atoms with Crippen LogP contribution in [0.15, 0.2) is 72.3 Å². The standard InChI is InChI=1S/C23H13IN4O4/c24-18-2-1-3-19(12-18)27-23(29)17(14-26)10-15-4-7-21(8-5-15)32-22-9-6-20(28(30)31)11-16(22)13-25/h1-12H,(H,27,29)/b17-10+. The molecule has 156 valence electrons. The largest absolute Gasteiger partial charge is 0.456 e. The first-order valence-corrected chi connectivity index (χ1v) is 10.1. The number of benzene rings is 3. The van der Waals surface area contributed by atoms with E-state index in [-0.39, 0.29) is 22.6 Å². The number of halogens is 1. The molecule has 0 aliphatic rings. The minimum atomic E-state index is -0.590. The highest BCUT2D eigenvalue weighted by molar-refractivity contribution is 14.1. The number of nitro benzene ring substituents is 1.